The van der Waals surface area contributed by atoms with Crippen molar-refractivity contribution in [3.05, 3.63) is 52.6 Å². The number of carbonyl (C=O) groups excluding carboxylic acids is 1. The van der Waals surface area contributed by atoms with Gasteiger partial charge in [-0.05, 0) is 68.2 Å². The first-order valence-electron chi connectivity index (χ1n) is 12.0. The van der Waals surface area contributed by atoms with Gasteiger partial charge in [0, 0.05) is 44.3 Å². The number of hydrogen-bond donors (Lipinski definition) is 0. The van der Waals surface area contributed by atoms with E-state index in [0.717, 1.165) is 45.6 Å². The molecule has 0 aromatic heterocycles. The van der Waals surface area contributed by atoms with E-state index in [2.05, 4.69) is 67.8 Å². The molecule has 2 aliphatic heterocycles. The molecule has 2 heterocycles. The number of piperazine rings is 1. The fourth-order valence-electron chi connectivity index (χ4n) is 6.37. The van der Waals surface area contributed by atoms with Gasteiger partial charge in [-0.15, -0.1) is 0 Å². The van der Waals surface area contributed by atoms with Gasteiger partial charge in [0.1, 0.15) is 6.10 Å². The SMILES string of the molecule is CC1=CCC[C@]2(C)C[C@H]3OC(=O)[C@H](CN4CCN(c5cccc(C)c5C)CC4)[C@H]3C=C12. The summed E-state index contributed by atoms with van der Waals surface area (Å²) in [4.78, 5) is 17.8. The number of ether oxygens (including phenoxy) is 1. The highest BCUT2D eigenvalue weighted by Crippen LogP contribution is 2.52. The van der Waals surface area contributed by atoms with E-state index in [0.29, 0.717) is 0 Å². The molecule has 0 spiro atoms. The molecule has 4 nitrogen and oxygen atoms in total. The molecule has 1 aromatic rings. The molecule has 166 valence electrons. The van der Waals surface area contributed by atoms with E-state index >= 15 is 0 Å². The van der Waals surface area contributed by atoms with Crippen LogP contribution < -0.4 is 4.90 Å². The maximum atomic E-state index is 12.9. The summed E-state index contributed by atoms with van der Waals surface area (Å²) >= 11 is 0. The van der Waals surface area contributed by atoms with Gasteiger partial charge in [0.25, 0.3) is 0 Å². The third kappa shape index (κ3) is 3.63. The Hall–Kier alpha value is -2.07. The predicted molar refractivity (Wildman–Crippen MR) is 125 cm³/mol. The van der Waals surface area contributed by atoms with Crippen LogP contribution in [0.3, 0.4) is 0 Å². The van der Waals surface area contributed by atoms with E-state index in [-0.39, 0.29) is 29.3 Å². The van der Waals surface area contributed by atoms with E-state index in [9.17, 15) is 4.79 Å². The molecular weight excluding hydrogens is 384 g/mol. The van der Waals surface area contributed by atoms with E-state index < -0.39 is 0 Å². The Morgan fingerprint density at radius 3 is 2.68 bits per heavy atom. The van der Waals surface area contributed by atoms with E-state index in [4.69, 9.17) is 4.74 Å². The van der Waals surface area contributed by atoms with Crippen LogP contribution in [-0.2, 0) is 9.53 Å². The molecule has 5 rings (SSSR count). The molecule has 0 unspecified atom stereocenters. The quantitative estimate of drug-likeness (QED) is 0.666. The van der Waals surface area contributed by atoms with Crippen LogP contribution in [0, 0.1) is 31.1 Å². The number of esters is 1. The number of benzene rings is 1. The number of rotatable bonds is 3. The lowest BCUT2D eigenvalue weighted by Gasteiger charge is -2.43. The first-order valence-corrected chi connectivity index (χ1v) is 12.0. The summed E-state index contributed by atoms with van der Waals surface area (Å²) in [5, 5.41) is 0. The standard InChI is InChI=1S/C27H36N2O2/c1-18-7-5-9-24(20(18)3)29-13-11-28(12-14-29)17-22-21-15-23-19(2)8-6-10-27(23,4)16-25(21)31-26(22)30/h5,7-9,15,21-22,25H,6,10-14,16-17H2,1-4H3/t21-,22-,25-,27-/m1/s1. The summed E-state index contributed by atoms with van der Waals surface area (Å²) in [6.07, 6.45) is 8.14. The molecular formula is C27H36N2O2. The van der Waals surface area contributed by atoms with Crippen LogP contribution in [-0.4, -0.2) is 49.7 Å². The molecule has 0 amide bonds. The van der Waals surface area contributed by atoms with Gasteiger partial charge in [0.2, 0.25) is 0 Å². The van der Waals surface area contributed by atoms with Crippen molar-refractivity contribution < 1.29 is 9.53 Å². The molecule has 2 saturated heterocycles. The van der Waals surface area contributed by atoms with Crippen LogP contribution in [0.4, 0.5) is 5.69 Å². The minimum atomic E-state index is -0.0240. The van der Waals surface area contributed by atoms with Crippen molar-refractivity contribution in [2.75, 3.05) is 37.6 Å². The summed E-state index contributed by atoms with van der Waals surface area (Å²) in [6, 6.07) is 6.58. The van der Waals surface area contributed by atoms with Crippen LogP contribution in [0.25, 0.3) is 0 Å². The lowest BCUT2D eigenvalue weighted by atomic mass is 9.62. The van der Waals surface area contributed by atoms with Gasteiger partial charge in [-0.1, -0.05) is 36.8 Å². The van der Waals surface area contributed by atoms with Crippen molar-refractivity contribution in [1.29, 1.82) is 0 Å². The highest BCUT2D eigenvalue weighted by Gasteiger charge is 2.51. The molecule has 0 saturated carbocycles. The van der Waals surface area contributed by atoms with Gasteiger partial charge in [-0.3, -0.25) is 9.69 Å². The smallest absolute Gasteiger partial charge is 0.311 e. The van der Waals surface area contributed by atoms with Crippen LogP contribution in [0.15, 0.2) is 41.5 Å². The third-order valence-electron chi connectivity index (χ3n) is 8.44. The van der Waals surface area contributed by atoms with E-state index in [1.54, 1.807) is 0 Å². The number of allylic oxidation sites excluding steroid dienone is 3. The fourth-order valence-corrected chi connectivity index (χ4v) is 6.37. The Kier molecular flexibility index (Phi) is 5.24. The van der Waals surface area contributed by atoms with Crippen molar-refractivity contribution in [2.45, 2.75) is 53.1 Å². The third-order valence-corrected chi connectivity index (χ3v) is 8.44. The number of fused-ring (bicyclic) bond motifs is 2. The molecule has 2 fully saturated rings. The molecule has 2 aliphatic carbocycles. The maximum absolute atomic E-state index is 12.9. The zero-order chi connectivity index (χ0) is 21.8. The second-order valence-corrected chi connectivity index (χ2v) is 10.4. The number of aryl methyl sites for hydroxylation is 1. The summed E-state index contributed by atoms with van der Waals surface area (Å²) < 4.78 is 5.95. The Balaban J connectivity index is 1.28. The van der Waals surface area contributed by atoms with E-state index in [1.807, 2.05) is 0 Å². The molecule has 0 bridgehead atoms. The highest BCUT2D eigenvalue weighted by atomic mass is 16.6. The Morgan fingerprint density at radius 1 is 1.13 bits per heavy atom. The summed E-state index contributed by atoms with van der Waals surface area (Å²) in [5.41, 5.74) is 7.15. The summed E-state index contributed by atoms with van der Waals surface area (Å²) in [7, 11) is 0. The summed E-state index contributed by atoms with van der Waals surface area (Å²) in [5.74, 6) is 0.228. The molecule has 1 aromatic carbocycles. The normalized spacial score (nSPS) is 33.4. The van der Waals surface area contributed by atoms with Crippen molar-refractivity contribution in [3.8, 4) is 0 Å². The zero-order valence-corrected chi connectivity index (χ0v) is 19.5. The van der Waals surface area contributed by atoms with Gasteiger partial charge >= 0.3 is 5.97 Å². The monoisotopic (exact) mass is 420 g/mol. The van der Waals surface area contributed by atoms with Crippen LogP contribution in [0.5, 0.6) is 0 Å². The molecule has 4 atom stereocenters. The molecule has 4 aliphatic rings. The number of hydrogen-bond acceptors (Lipinski definition) is 4. The topological polar surface area (TPSA) is 32.8 Å². The second kappa shape index (κ2) is 7.81. The minimum Gasteiger partial charge on any atom is -0.461 e. The average Bonchev–Trinajstić information content (AvgIpc) is 3.03. The maximum Gasteiger partial charge on any atom is 0.311 e. The zero-order valence-electron chi connectivity index (χ0n) is 19.5. The predicted octanol–water partition coefficient (Wildman–Crippen LogP) is 4.66. The molecule has 4 heteroatoms. The molecule has 0 radical (unpaired) electrons. The summed E-state index contributed by atoms with van der Waals surface area (Å²) in [6.45, 7) is 13.9. The highest BCUT2D eigenvalue weighted by molar-refractivity contribution is 5.76. The fraction of sp³-hybridized carbons (Fsp3) is 0.593. The lowest BCUT2D eigenvalue weighted by Crippen LogP contribution is -2.49. The van der Waals surface area contributed by atoms with Crippen molar-refractivity contribution >= 4 is 11.7 Å². The van der Waals surface area contributed by atoms with Crippen LogP contribution >= 0.6 is 0 Å². The van der Waals surface area contributed by atoms with Gasteiger partial charge in [-0.25, -0.2) is 0 Å². The molecule has 0 N–H and O–H groups in total. The van der Waals surface area contributed by atoms with E-state index in [1.165, 1.54) is 34.4 Å². The Labute approximate surface area is 186 Å². The van der Waals surface area contributed by atoms with Gasteiger partial charge < -0.3 is 9.64 Å². The van der Waals surface area contributed by atoms with Crippen molar-refractivity contribution in [3.63, 3.8) is 0 Å². The largest absolute Gasteiger partial charge is 0.461 e. The second-order valence-electron chi connectivity index (χ2n) is 10.4. The van der Waals surface area contributed by atoms with Crippen molar-refractivity contribution in [2.24, 2.45) is 17.3 Å². The Bertz CT molecular complexity index is 941. The first kappa shape index (κ1) is 20.8. The van der Waals surface area contributed by atoms with Gasteiger partial charge in [0.15, 0.2) is 0 Å². The molecule has 31 heavy (non-hydrogen) atoms. The van der Waals surface area contributed by atoms with Crippen LogP contribution in [0.2, 0.25) is 0 Å². The average molecular weight is 421 g/mol. The Morgan fingerprint density at radius 2 is 1.90 bits per heavy atom. The number of anilines is 1. The lowest BCUT2D eigenvalue weighted by molar-refractivity contribution is -0.145. The van der Waals surface area contributed by atoms with Crippen LogP contribution in [0.1, 0.15) is 44.2 Å². The number of carbonyl (C=O) groups is 1. The first-order chi connectivity index (χ1) is 14.9. The van der Waals surface area contributed by atoms with Gasteiger partial charge in [0.05, 0.1) is 5.92 Å². The minimum absolute atomic E-state index is 0.0210. The number of nitrogens with zero attached hydrogens (tertiary/aromatic N) is 2. The van der Waals surface area contributed by atoms with Crippen molar-refractivity contribution in [1.82, 2.24) is 4.90 Å². The van der Waals surface area contributed by atoms with Gasteiger partial charge in [-0.2, -0.15) is 0 Å².